The number of para-hydroxylation sites is 1. The van der Waals surface area contributed by atoms with E-state index < -0.39 is 0 Å². The Morgan fingerprint density at radius 3 is 2.50 bits per heavy atom. The summed E-state index contributed by atoms with van der Waals surface area (Å²) >= 11 is 0. The number of nitrogens with one attached hydrogen (secondary N) is 1. The molecule has 0 atom stereocenters. The zero-order chi connectivity index (χ0) is 16.9. The molecule has 0 aliphatic rings. The van der Waals surface area contributed by atoms with Crippen molar-refractivity contribution < 1.29 is 13.9 Å². The Kier molecular flexibility index (Phi) is 4.66. The molecule has 1 heterocycles. The number of rotatable bonds is 5. The van der Waals surface area contributed by atoms with Crippen molar-refractivity contribution in [3.8, 4) is 5.75 Å². The van der Waals surface area contributed by atoms with E-state index in [0.717, 1.165) is 17.0 Å². The molecule has 4 heteroatoms. The predicted octanol–water partition coefficient (Wildman–Crippen LogP) is 4.73. The van der Waals surface area contributed by atoms with Gasteiger partial charge in [0.1, 0.15) is 18.1 Å². The average Bonchev–Trinajstić information content (AvgIpc) is 3.06. The van der Waals surface area contributed by atoms with E-state index in [1.54, 1.807) is 12.1 Å². The third kappa shape index (κ3) is 3.84. The highest BCUT2D eigenvalue weighted by atomic mass is 16.5. The molecule has 0 fully saturated rings. The van der Waals surface area contributed by atoms with Crippen molar-refractivity contribution in [2.45, 2.75) is 20.5 Å². The number of hydrogen-bond donors (Lipinski definition) is 1. The van der Waals surface area contributed by atoms with Crippen molar-refractivity contribution in [3.63, 3.8) is 0 Å². The van der Waals surface area contributed by atoms with Crippen molar-refractivity contribution in [2.75, 3.05) is 5.32 Å². The summed E-state index contributed by atoms with van der Waals surface area (Å²) in [6.07, 6.45) is 0. The molecule has 0 unspecified atom stereocenters. The van der Waals surface area contributed by atoms with Crippen molar-refractivity contribution in [2.24, 2.45) is 0 Å². The second-order valence-electron chi connectivity index (χ2n) is 5.64. The van der Waals surface area contributed by atoms with E-state index in [1.165, 1.54) is 5.56 Å². The van der Waals surface area contributed by atoms with Crippen LogP contribution in [0, 0.1) is 13.8 Å². The van der Waals surface area contributed by atoms with Crippen LogP contribution in [0.5, 0.6) is 5.75 Å². The Morgan fingerprint density at radius 1 is 1.00 bits per heavy atom. The maximum absolute atomic E-state index is 12.2. The van der Waals surface area contributed by atoms with E-state index in [4.69, 9.17) is 9.15 Å². The molecule has 3 rings (SSSR count). The molecule has 24 heavy (non-hydrogen) atoms. The second kappa shape index (κ2) is 7.04. The molecule has 0 aliphatic heterocycles. The van der Waals surface area contributed by atoms with Gasteiger partial charge in [0.15, 0.2) is 5.76 Å². The summed E-state index contributed by atoms with van der Waals surface area (Å²) in [7, 11) is 0. The number of carbonyl (C=O) groups is 1. The van der Waals surface area contributed by atoms with Gasteiger partial charge in [-0.15, -0.1) is 0 Å². The minimum Gasteiger partial charge on any atom is -0.486 e. The van der Waals surface area contributed by atoms with Crippen LogP contribution in [0.2, 0.25) is 0 Å². The van der Waals surface area contributed by atoms with Gasteiger partial charge in [0.2, 0.25) is 0 Å². The minimum absolute atomic E-state index is 0.265. The van der Waals surface area contributed by atoms with Crippen molar-refractivity contribution in [3.05, 3.63) is 83.3 Å². The zero-order valence-electron chi connectivity index (χ0n) is 13.7. The first kappa shape index (κ1) is 15.9. The second-order valence-corrected chi connectivity index (χ2v) is 5.64. The van der Waals surface area contributed by atoms with Crippen LogP contribution in [-0.4, -0.2) is 5.91 Å². The molecule has 3 aromatic rings. The lowest BCUT2D eigenvalue weighted by atomic mass is 10.2. The Balaban J connectivity index is 1.61. The highest BCUT2D eigenvalue weighted by Gasteiger charge is 2.12. The first-order valence-electron chi connectivity index (χ1n) is 7.77. The van der Waals surface area contributed by atoms with Crippen LogP contribution in [0.25, 0.3) is 0 Å². The Hall–Kier alpha value is -3.01. The summed E-state index contributed by atoms with van der Waals surface area (Å²) in [5, 5.41) is 2.85. The monoisotopic (exact) mass is 321 g/mol. The van der Waals surface area contributed by atoms with E-state index in [1.807, 2.05) is 62.4 Å². The summed E-state index contributed by atoms with van der Waals surface area (Å²) < 4.78 is 11.2. The van der Waals surface area contributed by atoms with E-state index >= 15 is 0 Å². The van der Waals surface area contributed by atoms with Crippen LogP contribution in [0.4, 0.5) is 5.69 Å². The SMILES string of the molecule is Cc1ccc(OCc2ccc(C(=O)Nc3ccccc3C)o2)cc1. The van der Waals surface area contributed by atoms with E-state index in [2.05, 4.69) is 5.32 Å². The van der Waals surface area contributed by atoms with Gasteiger partial charge in [-0.1, -0.05) is 35.9 Å². The van der Waals surface area contributed by atoms with Crippen LogP contribution in [-0.2, 0) is 6.61 Å². The van der Waals surface area contributed by atoms with Crippen LogP contribution in [0.15, 0.2) is 65.1 Å². The predicted molar refractivity (Wildman–Crippen MR) is 93.4 cm³/mol. The summed E-state index contributed by atoms with van der Waals surface area (Å²) in [5.41, 5.74) is 2.95. The summed E-state index contributed by atoms with van der Waals surface area (Å²) in [6.45, 7) is 4.24. The van der Waals surface area contributed by atoms with Crippen molar-refractivity contribution in [1.82, 2.24) is 0 Å². The average molecular weight is 321 g/mol. The topological polar surface area (TPSA) is 51.5 Å². The van der Waals surface area contributed by atoms with Crippen LogP contribution in [0.3, 0.4) is 0 Å². The summed E-state index contributed by atoms with van der Waals surface area (Å²) in [5.74, 6) is 1.36. The molecule has 0 saturated carbocycles. The van der Waals surface area contributed by atoms with Crippen LogP contribution < -0.4 is 10.1 Å². The third-order valence-corrected chi connectivity index (χ3v) is 3.68. The van der Waals surface area contributed by atoms with Gasteiger partial charge in [-0.2, -0.15) is 0 Å². The van der Waals surface area contributed by atoms with Crippen LogP contribution >= 0.6 is 0 Å². The maximum atomic E-state index is 12.2. The van der Waals surface area contributed by atoms with Crippen LogP contribution in [0.1, 0.15) is 27.4 Å². The molecular formula is C20H19NO3. The number of carbonyl (C=O) groups excluding carboxylic acids is 1. The molecule has 0 radical (unpaired) electrons. The third-order valence-electron chi connectivity index (χ3n) is 3.68. The normalized spacial score (nSPS) is 10.4. The highest BCUT2D eigenvalue weighted by molar-refractivity contribution is 6.02. The van der Waals surface area contributed by atoms with Gasteiger partial charge in [-0.3, -0.25) is 4.79 Å². The number of amides is 1. The molecule has 1 N–H and O–H groups in total. The molecule has 0 bridgehead atoms. The summed E-state index contributed by atoms with van der Waals surface area (Å²) in [4.78, 5) is 12.2. The first-order chi connectivity index (χ1) is 11.6. The lowest BCUT2D eigenvalue weighted by molar-refractivity contribution is 0.0992. The van der Waals surface area contributed by atoms with Crippen molar-refractivity contribution in [1.29, 1.82) is 0 Å². The lowest BCUT2D eigenvalue weighted by Crippen LogP contribution is -2.11. The minimum atomic E-state index is -0.272. The lowest BCUT2D eigenvalue weighted by Gasteiger charge is -2.06. The summed E-state index contributed by atoms with van der Waals surface area (Å²) in [6, 6.07) is 18.8. The van der Waals surface area contributed by atoms with Gasteiger partial charge in [0, 0.05) is 5.69 Å². The van der Waals surface area contributed by atoms with Gasteiger partial charge < -0.3 is 14.5 Å². The fourth-order valence-electron chi connectivity index (χ4n) is 2.26. The quantitative estimate of drug-likeness (QED) is 0.739. The molecule has 0 aliphatic carbocycles. The highest BCUT2D eigenvalue weighted by Crippen LogP contribution is 2.18. The molecule has 0 saturated heterocycles. The first-order valence-corrected chi connectivity index (χ1v) is 7.77. The number of ether oxygens (including phenoxy) is 1. The van der Waals surface area contributed by atoms with Crippen molar-refractivity contribution >= 4 is 11.6 Å². The molecule has 2 aromatic carbocycles. The Labute approximate surface area is 141 Å². The zero-order valence-corrected chi connectivity index (χ0v) is 13.7. The van der Waals surface area contributed by atoms with E-state index in [9.17, 15) is 4.79 Å². The molecule has 1 amide bonds. The molecule has 0 spiro atoms. The molecule has 1 aromatic heterocycles. The number of hydrogen-bond acceptors (Lipinski definition) is 3. The molecular weight excluding hydrogens is 302 g/mol. The fourth-order valence-corrected chi connectivity index (χ4v) is 2.26. The largest absolute Gasteiger partial charge is 0.486 e. The van der Waals surface area contributed by atoms with Gasteiger partial charge in [-0.05, 0) is 49.7 Å². The number of anilines is 1. The Morgan fingerprint density at radius 2 is 1.75 bits per heavy atom. The van der Waals surface area contributed by atoms with Gasteiger partial charge in [0.05, 0.1) is 0 Å². The molecule has 122 valence electrons. The van der Waals surface area contributed by atoms with E-state index in [-0.39, 0.29) is 18.3 Å². The van der Waals surface area contributed by atoms with Gasteiger partial charge in [0.25, 0.3) is 5.91 Å². The maximum Gasteiger partial charge on any atom is 0.291 e. The van der Waals surface area contributed by atoms with Gasteiger partial charge in [-0.25, -0.2) is 0 Å². The smallest absolute Gasteiger partial charge is 0.291 e. The standard InChI is InChI=1S/C20H19NO3/c1-14-7-9-16(10-8-14)23-13-17-11-12-19(24-17)20(22)21-18-6-4-3-5-15(18)2/h3-12H,13H2,1-2H3,(H,21,22). The Bertz CT molecular complexity index is 834. The number of aryl methyl sites for hydroxylation is 2. The molecule has 4 nitrogen and oxygen atoms in total. The number of benzene rings is 2. The fraction of sp³-hybridized carbons (Fsp3) is 0.150. The number of furan rings is 1. The van der Waals surface area contributed by atoms with Gasteiger partial charge >= 0.3 is 0 Å². The van der Waals surface area contributed by atoms with E-state index in [0.29, 0.717) is 5.76 Å².